The van der Waals surface area contributed by atoms with Crippen LogP contribution in [0.15, 0.2) is 15.7 Å². The number of nitrogen functional groups attached to an aromatic ring is 1. The van der Waals surface area contributed by atoms with Gasteiger partial charge in [0.15, 0.2) is 0 Å². The zero-order chi connectivity index (χ0) is 18.7. The molecule has 2 atom stereocenters. The van der Waals surface area contributed by atoms with Gasteiger partial charge in [0.2, 0.25) is 0 Å². The van der Waals surface area contributed by atoms with Gasteiger partial charge in [-0.3, -0.25) is 9.36 Å². The van der Waals surface area contributed by atoms with Crippen molar-refractivity contribution in [3.63, 3.8) is 0 Å². The first-order chi connectivity index (χ1) is 12.3. The van der Waals surface area contributed by atoms with Gasteiger partial charge in [-0.25, -0.2) is 4.79 Å². The molecule has 0 amide bonds. The van der Waals surface area contributed by atoms with E-state index >= 15 is 0 Å². The summed E-state index contributed by atoms with van der Waals surface area (Å²) in [5.41, 5.74) is 8.96. The van der Waals surface area contributed by atoms with Crippen molar-refractivity contribution < 1.29 is 0 Å². The first kappa shape index (κ1) is 17.1. The van der Waals surface area contributed by atoms with Crippen molar-refractivity contribution in [2.75, 3.05) is 23.8 Å². The maximum atomic E-state index is 12.7. The van der Waals surface area contributed by atoms with E-state index in [4.69, 9.17) is 11.6 Å². The van der Waals surface area contributed by atoms with Crippen molar-refractivity contribution in [3.8, 4) is 0 Å². The normalized spacial score (nSPS) is 21.5. The molecule has 7 nitrogen and oxygen atoms in total. The Bertz CT molecular complexity index is 1000. The Labute approximate surface area is 152 Å². The Morgan fingerprint density at radius 1 is 1.19 bits per heavy atom. The second-order valence-corrected chi connectivity index (χ2v) is 7.97. The van der Waals surface area contributed by atoms with Crippen molar-refractivity contribution in [1.82, 2.24) is 9.24 Å². The van der Waals surface area contributed by atoms with Gasteiger partial charge in [-0.2, -0.15) is 4.68 Å². The van der Waals surface area contributed by atoms with Crippen molar-refractivity contribution >= 4 is 16.6 Å². The molecule has 1 aromatic heterocycles. The zero-order valence-corrected chi connectivity index (χ0v) is 15.7. The van der Waals surface area contributed by atoms with E-state index in [2.05, 4.69) is 17.9 Å². The Balaban J connectivity index is 1.97. The summed E-state index contributed by atoms with van der Waals surface area (Å²) in [6.45, 7) is 7.84. The number of fused-ring (bicyclic) bond motifs is 1. The zero-order valence-electron chi connectivity index (χ0n) is 15.7. The van der Waals surface area contributed by atoms with Gasteiger partial charge in [0, 0.05) is 30.9 Å². The monoisotopic (exact) mass is 357 g/mol. The van der Waals surface area contributed by atoms with Gasteiger partial charge < -0.3 is 16.5 Å². The van der Waals surface area contributed by atoms with E-state index in [1.54, 1.807) is 4.57 Å². The quantitative estimate of drug-likeness (QED) is 0.799. The van der Waals surface area contributed by atoms with Crippen LogP contribution in [0.1, 0.15) is 43.4 Å². The molecule has 1 aliphatic heterocycles. The fourth-order valence-corrected chi connectivity index (χ4v) is 4.31. The van der Waals surface area contributed by atoms with Crippen molar-refractivity contribution in [2.45, 2.75) is 52.1 Å². The summed E-state index contributed by atoms with van der Waals surface area (Å²) in [4.78, 5) is 27.7. The lowest BCUT2D eigenvalue weighted by molar-refractivity contribution is 0.488. The number of nitrogens with zero attached hydrogens (tertiary/aromatic N) is 3. The molecular formula is C19H27N5O2. The first-order valence-corrected chi connectivity index (χ1v) is 9.38. The van der Waals surface area contributed by atoms with Gasteiger partial charge in [0.05, 0.1) is 10.9 Å². The van der Waals surface area contributed by atoms with Crippen LogP contribution in [0.25, 0.3) is 10.9 Å². The van der Waals surface area contributed by atoms with Gasteiger partial charge in [0.1, 0.15) is 0 Å². The number of anilines is 1. The fourth-order valence-electron chi connectivity index (χ4n) is 4.31. The van der Waals surface area contributed by atoms with Crippen LogP contribution < -0.4 is 27.7 Å². The maximum absolute atomic E-state index is 12.7. The smallest absolute Gasteiger partial charge is 0.350 e. The number of aromatic nitrogens is 2. The van der Waals surface area contributed by atoms with Gasteiger partial charge in [-0.15, -0.1) is 0 Å². The van der Waals surface area contributed by atoms with E-state index < -0.39 is 11.2 Å². The third-order valence-electron chi connectivity index (χ3n) is 6.03. The number of hydrogen-bond acceptors (Lipinski definition) is 5. The highest BCUT2D eigenvalue weighted by molar-refractivity contribution is 5.90. The minimum absolute atomic E-state index is 0.143. The molecule has 1 aromatic carbocycles. The van der Waals surface area contributed by atoms with Gasteiger partial charge in [-0.05, 0) is 63.1 Å². The summed E-state index contributed by atoms with van der Waals surface area (Å²) in [5, 5.41) is 0.559. The molecule has 4 N–H and O–H groups in total. The minimum Gasteiger partial charge on any atom is -0.371 e. The minimum atomic E-state index is -0.417. The number of rotatable bonds is 3. The number of aryl methyl sites for hydroxylation is 2. The molecule has 4 rings (SSSR count). The molecule has 0 spiro atoms. The lowest BCUT2D eigenvalue weighted by Gasteiger charge is -2.25. The van der Waals surface area contributed by atoms with E-state index in [0.717, 1.165) is 59.4 Å². The van der Waals surface area contributed by atoms with Crippen LogP contribution in [0.2, 0.25) is 0 Å². The van der Waals surface area contributed by atoms with E-state index in [1.807, 2.05) is 13.8 Å². The number of hydrogen-bond donors (Lipinski definition) is 2. The average molecular weight is 357 g/mol. The largest absolute Gasteiger partial charge is 0.371 e. The van der Waals surface area contributed by atoms with Crippen molar-refractivity contribution in [3.05, 3.63) is 38.0 Å². The molecule has 2 aromatic rings. The van der Waals surface area contributed by atoms with Crippen LogP contribution in [0.3, 0.4) is 0 Å². The number of benzene rings is 1. The molecule has 0 radical (unpaired) electrons. The van der Waals surface area contributed by atoms with Crippen LogP contribution in [-0.2, 0) is 0 Å². The molecule has 2 heterocycles. The lowest BCUT2D eigenvalue weighted by Crippen LogP contribution is -2.45. The Kier molecular flexibility index (Phi) is 3.87. The highest BCUT2D eigenvalue weighted by Crippen LogP contribution is 2.39. The molecule has 7 heteroatoms. The molecule has 1 saturated heterocycles. The lowest BCUT2D eigenvalue weighted by atomic mass is 10.0. The van der Waals surface area contributed by atoms with Crippen LogP contribution in [-0.4, -0.2) is 28.4 Å². The van der Waals surface area contributed by atoms with Crippen LogP contribution >= 0.6 is 0 Å². The molecule has 2 aliphatic rings. The second kappa shape index (κ2) is 5.87. The summed E-state index contributed by atoms with van der Waals surface area (Å²) < 4.78 is 2.50. The summed E-state index contributed by atoms with van der Waals surface area (Å²) >= 11 is 0. The highest BCUT2D eigenvalue weighted by Gasteiger charge is 2.32. The third kappa shape index (κ3) is 2.45. The van der Waals surface area contributed by atoms with E-state index in [1.165, 1.54) is 0 Å². The molecule has 140 valence electrons. The van der Waals surface area contributed by atoms with Crippen molar-refractivity contribution in [1.29, 1.82) is 0 Å². The highest BCUT2D eigenvalue weighted by atomic mass is 16.2. The Morgan fingerprint density at radius 3 is 2.46 bits per heavy atom. The molecule has 2 fully saturated rings. The average Bonchev–Trinajstić information content (AvgIpc) is 3.30. The summed E-state index contributed by atoms with van der Waals surface area (Å²) in [6, 6.07) is 2.37. The standard InChI is InChI=1S/C19H27N5O2/c1-10-8-15(22-7-6-13(9-22)12(3)20)11(2)17-16(10)18(25)24(21)19(26)23(17)14-4-5-14/h8,12-14H,4-7,9,20-21H2,1-3H3. The van der Waals surface area contributed by atoms with Gasteiger partial charge >= 0.3 is 5.69 Å². The van der Waals surface area contributed by atoms with Crippen LogP contribution in [0.5, 0.6) is 0 Å². The van der Waals surface area contributed by atoms with Gasteiger partial charge in [0.25, 0.3) is 5.56 Å². The predicted octanol–water partition coefficient (Wildman–Crippen LogP) is 1.00. The van der Waals surface area contributed by atoms with Crippen LogP contribution in [0, 0.1) is 19.8 Å². The van der Waals surface area contributed by atoms with Crippen LogP contribution in [0.4, 0.5) is 5.69 Å². The van der Waals surface area contributed by atoms with Crippen molar-refractivity contribution in [2.24, 2.45) is 11.7 Å². The predicted molar refractivity (Wildman–Crippen MR) is 104 cm³/mol. The van der Waals surface area contributed by atoms with E-state index in [9.17, 15) is 9.59 Å². The third-order valence-corrected chi connectivity index (χ3v) is 6.03. The molecule has 2 unspecified atom stereocenters. The maximum Gasteiger partial charge on any atom is 0.350 e. The Morgan fingerprint density at radius 2 is 1.88 bits per heavy atom. The van der Waals surface area contributed by atoms with Gasteiger partial charge in [-0.1, -0.05) is 0 Å². The fraction of sp³-hybridized carbons (Fsp3) is 0.579. The molecular weight excluding hydrogens is 330 g/mol. The first-order valence-electron chi connectivity index (χ1n) is 9.38. The molecule has 0 bridgehead atoms. The Hall–Kier alpha value is -2.28. The molecule has 1 saturated carbocycles. The summed E-state index contributed by atoms with van der Waals surface area (Å²) in [7, 11) is 0. The summed E-state index contributed by atoms with van der Waals surface area (Å²) in [6.07, 6.45) is 2.97. The topological polar surface area (TPSA) is 99.3 Å². The second-order valence-electron chi connectivity index (χ2n) is 7.97. The number of nitrogens with two attached hydrogens (primary N) is 2. The van der Waals surface area contributed by atoms with E-state index in [-0.39, 0.29) is 12.1 Å². The summed E-state index contributed by atoms with van der Waals surface area (Å²) in [5.74, 6) is 6.26. The molecule has 26 heavy (non-hydrogen) atoms. The molecule has 1 aliphatic carbocycles. The van der Waals surface area contributed by atoms with E-state index in [0.29, 0.717) is 11.3 Å². The SMILES string of the molecule is Cc1cc(N2CCC(C(C)N)C2)c(C)c2c1c(=O)n(N)c(=O)n2C1CC1.